The predicted octanol–water partition coefficient (Wildman–Crippen LogP) is 4.90. The van der Waals surface area contributed by atoms with Gasteiger partial charge < -0.3 is 19.4 Å². The van der Waals surface area contributed by atoms with Crippen LogP contribution in [0.4, 0.5) is 10.1 Å². The van der Waals surface area contributed by atoms with Crippen LogP contribution in [-0.2, 0) is 6.54 Å². The lowest BCUT2D eigenvalue weighted by atomic mass is 10.1. The molecule has 0 radical (unpaired) electrons. The maximum absolute atomic E-state index is 13.3. The molecular formula is C27H25FN6O4. The van der Waals surface area contributed by atoms with E-state index >= 15 is 0 Å². The van der Waals surface area contributed by atoms with Crippen molar-refractivity contribution in [1.82, 2.24) is 24.9 Å². The number of oxazole rings is 1. The summed E-state index contributed by atoms with van der Waals surface area (Å²) in [5.41, 5.74) is 2.58. The second-order valence-electron chi connectivity index (χ2n) is 10.2. The number of anilines is 1. The minimum Gasteiger partial charge on any atom is -0.431 e. The van der Waals surface area contributed by atoms with Crippen LogP contribution < -0.4 is 5.32 Å². The zero-order chi connectivity index (χ0) is 26.6. The van der Waals surface area contributed by atoms with Gasteiger partial charge in [0.25, 0.3) is 5.91 Å². The van der Waals surface area contributed by atoms with Crippen molar-refractivity contribution in [1.29, 1.82) is 0 Å². The van der Waals surface area contributed by atoms with Gasteiger partial charge >= 0.3 is 0 Å². The van der Waals surface area contributed by atoms with E-state index in [9.17, 15) is 14.3 Å². The molecule has 5 aromatic rings. The van der Waals surface area contributed by atoms with Crippen molar-refractivity contribution in [2.75, 3.05) is 5.32 Å². The van der Waals surface area contributed by atoms with Crippen LogP contribution in [0.2, 0.25) is 0 Å². The monoisotopic (exact) mass is 516 g/mol. The number of fused-ring (bicyclic) bond motifs is 1. The number of amides is 1. The number of aliphatic hydroxyl groups is 1. The van der Waals surface area contributed by atoms with Crippen molar-refractivity contribution in [2.24, 2.45) is 0 Å². The molecule has 0 unspecified atom stereocenters. The average Bonchev–Trinajstić information content (AvgIpc) is 3.29. The number of carbonyl (C=O) groups is 1. The maximum Gasteiger partial charge on any atom is 0.293 e. The van der Waals surface area contributed by atoms with Crippen LogP contribution in [0.3, 0.4) is 0 Å². The number of hydrogen-bond acceptors (Lipinski definition) is 8. The number of alkyl halides is 1. The molecule has 1 aliphatic carbocycles. The summed E-state index contributed by atoms with van der Waals surface area (Å²) in [5, 5.41) is 22.2. The summed E-state index contributed by atoms with van der Waals surface area (Å²) in [6.07, 6.45) is 2.69. The molecule has 2 N–H and O–H groups in total. The van der Waals surface area contributed by atoms with Crippen molar-refractivity contribution in [3.63, 3.8) is 0 Å². The number of benzene rings is 2. The van der Waals surface area contributed by atoms with Gasteiger partial charge in [-0.15, -0.1) is 0 Å². The summed E-state index contributed by atoms with van der Waals surface area (Å²) in [6, 6.07) is 10.9. The van der Waals surface area contributed by atoms with Gasteiger partial charge in [0.15, 0.2) is 0 Å². The quantitative estimate of drug-likeness (QED) is 0.312. The predicted molar refractivity (Wildman–Crippen MR) is 136 cm³/mol. The molecule has 2 aromatic carbocycles. The second kappa shape index (κ2) is 8.88. The van der Waals surface area contributed by atoms with Crippen molar-refractivity contribution in [2.45, 2.75) is 51.4 Å². The van der Waals surface area contributed by atoms with E-state index in [-0.39, 0.29) is 17.6 Å². The van der Waals surface area contributed by atoms with E-state index in [0.717, 1.165) is 16.5 Å². The van der Waals surface area contributed by atoms with Crippen LogP contribution in [0.1, 0.15) is 48.2 Å². The third-order valence-corrected chi connectivity index (χ3v) is 6.29. The Kier molecular flexibility index (Phi) is 5.60. The van der Waals surface area contributed by atoms with Gasteiger partial charge in [0.2, 0.25) is 23.4 Å². The number of aromatic nitrogens is 5. The molecule has 1 aliphatic rings. The lowest BCUT2D eigenvalue weighted by molar-refractivity contribution is 0.0580. The molecule has 1 saturated carbocycles. The van der Waals surface area contributed by atoms with Crippen LogP contribution in [0.5, 0.6) is 0 Å². The zero-order valence-corrected chi connectivity index (χ0v) is 21.0. The molecule has 0 aliphatic heterocycles. The van der Waals surface area contributed by atoms with Gasteiger partial charge in [-0.3, -0.25) is 9.48 Å². The first-order chi connectivity index (χ1) is 18.1. The minimum atomic E-state index is -0.929. The molecular weight excluding hydrogens is 491 g/mol. The van der Waals surface area contributed by atoms with Gasteiger partial charge in [-0.2, -0.15) is 10.1 Å². The highest BCUT2D eigenvalue weighted by atomic mass is 19.1. The Balaban J connectivity index is 1.19. The Bertz CT molecular complexity index is 1660. The summed E-state index contributed by atoms with van der Waals surface area (Å²) in [4.78, 5) is 21.6. The number of nitrogens with zero attached hydrogens (tertiary/aromatic N) is 5. The van der Waals surface area contributed by atoms with E-state index in [1.54, 1.807) is 24.6 Å². The van der Waals surface area contributed by atoms with Gasteiger partial charge in [-0.05, 0) is 57.0 Å². The largest absolute Gasteiger partial charge is 0.431 e. The van der Waals surface area contributed by atoms with Crippen LogP contribution in [0.25, 0.3) is 33.7 Å². The van der Waals surface area contributed by atoms with Gasteiger partial charge in [0.05, 0.1) is 29.8 Å². The number of halogens is 1. The van der Waals surface area contributed by atoms with Crippen LogP contribution in [0.15, 0.2) is 57.7 Å². The van der Waals surface area contributed by atoms with E-state index in [1.807, 2.05) is 43.5 Å². The summed E-state index contributed by atoms with van der Waals surface area (Å²) in [5.74, 6) is 0.171. The number of rotatable bonds is 7. The summed E-state index contributed by atoms with van der Waals surface area (Å²) in [7, 11) is 0. The van der Waals surface area contributed by atoms with Crippen molar-refractivity contribution in [3.05, 3.63) is 66.0 Å². The zero-order valence-electron chi connectivity index (χ0n) is 21.0. The number of hydrogen-bond donors (Lipinski definition) is 2. The lowest BCUT2D eigenvalue weighted by Crippen LogP contribution is -2.26. The molecule has 10 nitrogen and oxygen atoms in total. The normalized spacial score (nSPS) is 17.2. The van der Waals surface area contributed by atoms with Crippen LogP contribution in [0, 0.1) is 6.92 Å². The smallest absolute Gasteiger partial charge is 0.293 e. The standard InChI is InChI=1S/C27H25FN6O4/c1-14-4-5-15(23-31-26(38-33-23)18-10-19(18)28)9-21(14)30-24(35)22-11-29-25(37-22)16-6-7-20-17(8-16)12-34(32-20)13-27(2,3)36/h4-9,11-12,18-19,36H,10,13H2,1-3H3,(H,30,35)/t18-,19-/m0/s1. The number of carbonyl (C=O) groups excluding carboxylic acids is 1. The summed E-state index contributed by atoms with van der Waals surface area (Å²) < 4.78 is 26.0. The fourth-order valence-corrected chi connectivity index (χ4v) is 4.20. The summed E-state index contributed by atoms with van der Waals surface area (Å²) >= 11 is 0. The first-order valence-corrected chi connectivity index (χ1v) is 12.2. The molecule has 11 heteroatoms. The molecule has 0 spiro atoms. The molecule has 1 fully saturated rings. The topological polar surface area (TPSA) is 132 Å². The molecule has 6 rings (SSSR count). The lowest BCUT2D eigenvalue weighted by Gasteiger charge is -2.16. The highest BCUT2D eigenvalue weighted by molar-refractivity contribution is 6.03. The third-order valence-electron chi connectivity index (χ3n) is 6.29. The van der Waals surface area contributed by atoms with Crippen molar-refractivity contribution < 1.29 is 23.2 Å². The van der Waals surface area contributed by atoms with Crippen LogP contribution >= 0.6 is 0 Å². The van der Waals surface area contributed by atoms with Gasteiger partial charge in [-0.25, -0.2) is 9.37 Å². The molecule has 2 atom stereocenters. The van der Waals surface area contributed by atoms with Gasteiger partial charge in [-0.1, -0.05) is 17.3 Å². The van der Waals surface area contributed by atoms with Gasteiger partial charge in [0, 0.05) is 28.4 Å². The summed E-state index contributed by atoms with van der Waals surface area (Å²) in [6.45, 7) is 5.66. The molecule has 0 bridgehead atoms. The van der Waals surface area contributed by atoms with Crippen molar-refractivity contribution >= 4 is 22.5 Å². The Morgan fingerprint density at radius 1 is 1.24 bits per heavy atom. The van der Waals surface area contributed by atoms with E-state index < -0.39 is 17.7 Å². The van der Waals surface area contributed by atoms with Crippen molar-refractivity contribution in [3.8, 4) is 22.8 Å². The number of nitrogens with one attached hydrogen (secondary N) is 1. The minimum absolute atomic E-state index is 0.0483. The van der Waals surface area contributed by atoms with Crippen LogP contribution in [-0.4, -0.2) is 47.7 Å². The Labute approximate surface area is 216 Å². The average molecular weight is 517 g/mol. The molecule has 38 heavy (non-hydrogen) atoms. The van der Waals surface area contributed by atoms with E-state index in [2.05, 4.69) is 25.5 Å². The first-order valence-electron chi connectivity index (χ1n) is 12.2. The highest BCUT2D eigenvalue weighted by Gasteiger charge is 2.43. The first kappa shape index (κ1) is 24.0. The second-order valence-corrected chi connectivity index (χ2v) is 10.2. The molecule has 0 saturated heterocycles. The van der Waals surface area contributed by atoms with E-state index in [4.69, 9.17) is 8.94 Å². The highest BCUT2D eigenvalue weighted by Crippen LogP contribution is 2.43. The van der Waals surface area contributed by atoms with Gasteiger partial charge in [0.1, 0.15) is 6.17 Å². The SMILES string of the molecule is Cc1ccc(-c2noc([C@H]3C[C@@H]3F)n2)cc1NC(=O)c1cnc(-c2ccc3nn(CC(C)(C)O)cc3c2)o1. The molecule has 3 heterocycles. The molecule has 3 aromatic heterocycles. The molecule has 194 valence electrons. The maximum atomic E-state index is 13.3. The Morgan fingerprint density at radius 2 is 2.03 bits per heavy atom. The Morgan fingerprint density at radius 3 is 2.79 bits per heavy atom. The van der Waals surface area contributed by atoms with E-state index in [1.165, 1.54) is 6.20 Å². The molecule has 1 amide bonds. The van der Waals surface area contributed by atoms with E-state index in [0.29, 0.717) is 41.5 Å². The Hall–Kier alpha value is -4.38. The fourth-order valence-electron chi connectivity index (χ4n) is 4.20. The third kappa shape index (κ3) is 4.80. The fraction of sp³-hybridized carbons (Fsp3) is 0.296. The number of aryl methyl sites for hydroxylation is 1.